The minimum atomic E-state index is 0.302. The highest BCUT2D eigenvalue weighted by molar-refractivity contribution is 5.37. The van der Waals surface area contributed by atoms with E-state index in [0.717, 1.165) is 25.4 Å². The van der Waals surface area contributed by atoms with Gasteiger partial charge in [-0.15, -0.1) is 0 Å². The third kappa shape index (κ3) is 3.22. The first-order valence-electron chi connectivity index (χ1n) is 5.62. The van der Waals surface area contributed by atoms with Crippen LogP contribution in [0.25, 0.3) is 0 Å². The van der Waals surface area contributed by atoms with Crippen molar-refractivity contribution in [3.05, 3.63) is 29.3 Å². The lowest BCUT2D eigenvalue weighted by atomic mass is 10.1. The van der Waals surface area contributed by atoms with Gasteiger partial charge in [0.15, 0.2) is 0 Å². The maximum absolute atomic E-state index is 5.76. The Balaban J connectivity index is 2.01. The van der Waals surface area contributed by atoms with Crippen LogP contribution in [0, 0.1) is 6.92 Å². The van der Waals surface area contributed by atoms with Gasteiger partial charge in [0.1, 0.15) is 18.5 Å². The van der Waals surface area contributed by atoms with E-state index in [4.69, 9.17) is 14.2 Å². The van der Waals surface area contributed by atoms with Gasteiger partial charge in [0, 0.05) is 7.11 Å². The quantitative estimate of drug-likeness (QED) is 0.689. The van der Waals surface area contributed by atoms with Crippen LogP contribution in [-0.2, 0) is 15.9 Å². The minimum Gasteiger partial charge on any atom is -0.490 e. The molecule has 1 heterocycles. The van der Waals surface area contributed by atoms with Crippen molar-refractivity contribution >= 4 is 0 Å². The average Bonchev–Trinajstić information content (AvgIpc) is 3.09. The van der Waals surface area contributed by atoms with Crippen LogP contribution in [0.3, 0.4) is 0 Å². The molecule has 0 amide bonds. The number of ether oxygens (including phenoxy) is 3. The first-order valence-corrected chi connectivity index (χ1v) is 5.62. The summed E-state index contributed by atoms with van der Waals surface area (Å²) in [5.74, 6) is 0.965. The van der Waals surface area contributed by atoms with Crippen LogP contribution in [0.15, 0.2) is 18.2 Å². The van der Waals surface area contributed by atoms with Crippen molar-refractivity contribution in [1.82, 2.24) is 0 Å². The predicted molar refractivity (Wildman–Crippen MR) is 62.0 cm³/mol. The van der Waals surface area contributed by atoms with Crippen LogP contribution in [0.1, 0.15) is 11.1 Å². The molecule has 1 fully saturated rings. The molecule has 0 radical (unpaired) electrons. The largest absolute Gasteiger partial charge is 0.490 e. The Labute approximate surface area is 96.3 Å². The number of methoxy groups -OCH3 is 1. The van der Waals surface area contributed by atoms with Crippen LogP contribution >= 0.6 is 0 Å². The zero-order chi connectivity index (χ0) is 11.4. The first kappa shape index (κ1) is 11.4. The minimum absolute atomic E-state index is 0.302. The molecular formula is C13H18O3. The van der Waals surface area contributed by atoms with Crippen LogP contribution in [0.4, 0.5) is 0 Å². The number of aryl methyl sites for hydroxylation is 1. The SMILES string of the molecule is COCCc1ccc(C)cc1OC[C@@H]1CO1. The van der Waals surface area contributed by atoms with Gasteiger partial charge < -0.3 is 14.2 Å². The summed E-state index contributed by atoms with van der Waals surface area (Å²) in [5.41, 5.74) is 2.42. The molecule has 2 rings (SSSR count). The predicted octanol–water partition coefficient (Wildman–Crippen LogP) is 1.96. The molecule has 0 N–H and O–H groups in total. The van der Waals surface area contributed by atoms with E-state index in [9.17, 15) is 0 Å². The van der Waals surface area contributed by atoms with E-state index >= 15 is 0 Å². The van der Waals surface area contributed by atoms with Crippen molar-refractivity contribution in [2.24, 2.45) is 0 Å². The van der Waals surface area contributed by atoms with Gasteiger partial charge in [-0.05, 0) is 30.5 Å². The second kappa shape index (κ2) is 5.32. The molecule has 0 bridgehead atoms. The molecule has 3 heteroatoms. The third-order valence-electron chi connectivity index (χ3n) is 2.63. The second-order valence-corrected chi connectivity index (χ2v) is 4.12. The fraction of sp³-hybridized carbons (Fsp3) is 0.538. The molecule has 1 aromatic rings. The summed E-state index contributed by atoms with van der Waals surface area (Å²) >= 11 is 0. The van der Waals surface area contributed by atoms with Crippen LogP contribution < -0.4 is 4.74 Å². The van der Waals surface area contributed by atoms with Gasteiger partial charge in [0.25, 0.3) is 0 Å². The molecule has 88 valence electrons. The Morgan fingerprint density at radius 1 is 1.44 bits per heavy atom. The summed E-state index contributed by atoms with van der Waals surface area (Å²) < 4.78 is 16.0. The Kier molecular flexibility index (Phi) is 3.80. The summed E-state index contributed by atoms with van der Waals surface area (Å²) in [6.07, 6.45) is 1.19. The average molecular weight is 222 g/mol. The van der Waals surface area contributed by atoms with Crippen molar-refractivity contribution in [1.29, 1.82) is 0 Å². The van der Waals surface area contributed by atoms with Gasteiger partial charge in [-0.3, -0.25) is 0 Å². The van der Waals surface area contributed by atoms with E-state index in [1.54, 1.807) is 7.11 Å². The van der Waals surface area contributed by atoms with Gasteiger partial charge in [-0.25, -0.2) is 0 Å². The maximum Gasteiger partial charge on any atom is 0.122 e. The Hall–Kier alpha value is -1.06. The lowest BCUT2D eigenvalue weighted by molar-refractivity contribution is 0.200. The van der Waals surface area contributed by atoms with E-state index < -0.39 is 0 Å². The summed E-state index contributed by atoms with van der Waals surface area (Å²) in [6, 6.07) is 6.29. The summed E-state index contributed by atoms with van der Waals surface area (Å²) in [7, 11) is 1.72. The zero-order valence-electron chi connectivity index (χ0n) is 9.86. The van der Waals surface area contributed by atoms with Gasteiger partial charge in [0.05, 0.1) is 13.2 Å². The Morgan fingerprint density at radius 2 is 2.25 bits per heavy atom. The van der Waals surface area contributed by atoms with Gasteiger partial charge >= 0.3 is 0 Å². The second-order valence-electron chi connectivity index (χ2n) is 4.12. The van der Waals surface area contributed by atoms with Crippen LogP contribution in [0.5, 0.6) is 5.75 Å². The van der Waals surface area contributed by atoms with Crippen molar-refractivity contribution in [3.8, 4) is 5.75 Å². The van der Waals surface area contributed by atoms with Crippen molar-refractivity contribution in [2.45, 2.75) is 19.4 Å². The molecule has 1 saturated heterocycles. The van der Waals surface area contributed by atoms with Gasteiger partial charge in [-0.1, -0.05) is 12.1 Å². The molecule has 1 aliphatic heterocycles. The summed E-state index contributed by atoms with van der Waals surface area (Å²) in [5, 5.41) is 0. The number of epoxide rings is 1. The molecule has 1 aromatic carbocycles. The van der Waals surface area contributed by atoms with Crippen LogP contribution in [-0.4, -0.2) is 33.0 Å². The monoisotopic (exact) mass is 222 g/mol. The molecular weight excluding hydrogens is 204 g/mol. The highest BCUT2D eigenvalue weighted by Gasteiger charge is 2.23. The standard InChI is InChI=1S/C13H18O3/c1-10-3-4-11(5-6-14-2)13(7-10)16-9-12-8-15-12/h3-4,7,12H,5-6,8-9H2,1-2H3/t12-/m0/s1. The fourth-order valence-corrected chi connectivity index (χ4v) is 1.56. The third-order valence-corrected chi connectivity index (χ3v) is 2.63. The van der Waals surface area contributed by atoms with E-state index in [1.807, 2.05) is 0 Å². The number of rotatable bonds is 6. The summed E-state index contributed by atoms with van der Waals surface area (Å²) in [4.78, 5) is 0. The lowest BCUT2D eigenvalue weighted by Crippen LogP contribution is -2.07. The Bertz CT molecular complexity index is 345. The zero-order valence-corrected chi connectivity index (χ0v) is 9.86. The van der Waals surface area contributed by atoms with Gasteiger partial charge in [-0.2, -0.15) is 0 Å². The van der Waals surface area contributed by atoms with E-state index in [-0.39, 0.29) is 0 Å². The molecule has 0 saturated carbocycles. The highest BCUT2D eigenvalue weighted by Crippen LogP contribution is 2.22. The fourth-order valence-electron chi connectivity index (χ4n) is 1.56. The van der Waals surface area contributed by atoms with E-state index in [1.165, 1.54) is 11.1 Å². The van der Waals surface area contributed by atoms with E-state index in [0.29, 0.717) is 12.7 Å². The number of hydrogen-bond donors (Lipinski definition) is 0. The van der Waals surface area contributed by atoms with Crippen LogP contribution in [0.2, 0.25) is 0 Å². The molecule has 0 spiro atoms. The number of benzene rings is 1. The first-order chi connectivity index (χ1) is 7.79. The molecule has 0 unspecified atom stereocenters. The van der Waals surface area contributed by atoms with Gasteiger partial charge in [0.2, 0.25) is 0 Å². The molecule has 0 aromatic heterocycles. The summed E-state index contributed by atoms with van der Waals surface area (Å²) in [6.45, 7) is 4.28. The number of hydrogen-bond acceptors (Lipinski definition) is 3. The maximum atomic E-state index is 5.76. The lowest BCUT2D eigenvalue weighted by Gasteiger charge is -2.11. The molecule has 1 aliphatic rings. The topological polar surface area (TPSA) is 31.0 Å². The normalized spacial score (nSPS) is 18.5. The Morgan fingerprint density at radius 3 is 2.94 bits per heavy atom. The smallest absolute Gasteiger partial charge is 0.122 e. The molecule has 0 aliphatic carbocycles. The molecule has 16 heavy (non-hydrogen) atoms. The molecule has 1 atom stereocenters. The highest BCUT2D eigenvalue weighted by atomic mass is 16.6. The van der Waals surface area contributed by atoms with Crippen molar-refractivity contribution < 1.29 is 14.2 Å². The van der Waals surface area contributed by atoms with Crippen molar-refractivity contribution in [2.75, 3.05) is 26.9 Å². The van der Waals surface area contributed by atoms with E-state index in [2.05, 4.69) is 25.1 Å². The van der Waals surface area contributed by atoms with Crippen molar-refractivity contribution in [3.63, 3.8) is 0 Å². The molecule has 3 nitrogen and oxygen atoms in total.